The van der Waals surface area contributed by atoms with E-state index in [9.17, 15) is 12.8 Å². The molecule has 130 valence electrons. The molecule has 0 aliphatic carbocycles. The zero-order chi connectivity index (χ0) is 17.7. The number of benzene rings is 1. The number of hydrogen-bond donors (Lipinski definition) is 2. The molecule has 1 aromatic carbocycles. The second-order valence-electron chi connectivity index (χ2n) is 5.36. The van der Waals surface area contributed by atoms with Crippen molar-refractivity contribution in [2.75, 3.05) is 37.4 Å². The molecule has 0 unspecified atom stereocenters. The third-order valence-corrected chi connectivity index (χ3v) is 4.60. The minimum atomic E-state index is -3.67. The predicted octanol–water partition coefficient (Wildman–Crippen LogP) is 1.38. The van der Waals surface area contributed by atoms with E-state index in [1.54, 1.807) is 0 Å². The predicted molar refractivity (Wildman–Crippen MR) is 91.2 cm³/mol. The van der Waals surface area contributed by atoms with Gasteiger partial charge in [-0.25, -0.2) is 22.5 Å². The van der Waals surface area contributed by atoms with Crippen LogP contribution in [0, 0.1) is 12.7 Å². The number of aryl methyl sites for hydroxylation is 1. The maximum atomic E-state index is 12.8. The molecule has 0 radical (unpaired) electrons. The lowest BCUT2D eigenvalue weighted by molar-refractivity contribution is 0.582. The summed E-state index contributed by atoms with van der Waals surface area (Å²) >= 11 is 0. The van der Waals surface area contributed by atoms with Gasteiger partial charge in [0.05, 0.1) is 4.90 Å². The molecule has 0 aliphatic rings. The van der Waals surface area contributed by atoms with Crippen LogP contribution in [0.1, 0.15) is 5.69 Å². The maximum Gasteiger partial charge on any atom is 0.240 e. The van der Waals surface area contributed by atoms with Crippen molar-refractivity contribution in [1.29, 1.82) is 0 Å². The van der Waals surface area contributed by atoms with E-state index in [0.717, 1.165) is 23.6 Å². The highest BCUT2D eigenvalue weighted by molar-refractivity contribution is 7.89. The van der Waals surface area contributed by atoms with Gasteiger partial charge in [-0.05, 0) is 31.2 Å². The summed E-state index contributed by atoms with van der Waals surface area (Å²) in [6.45, 7) is 2.32. The first kappa shape index (κ1) is 18.1. The highest BCUT2D eigenvalue weighted by Gasteiger charge is 2.13. The molecule has 0 saturated carbocycles. The number of sulfonamides is 1. The Bertz CT molecular complexity index is 794. The Morgan fingerprint density at radius 1 is 1.12 bits per heavy atom. The summed E-state index contributed by atoms with van der Waals surface area (Å²) in [5, 5.41) is 2.98. The minimum Gasteiger partial charge on any atom is -0.363 e. The highest BCUT2D eigenvalue weighted by Crippen LogP contribution is 2.12. The van der Waals surface area contributed by atoms with Crippen LogP contribution in [0.4, 0.5) is 16.2 Å². The molecule has 0 spiro atoms. The van der Waals surface area contributed by atoms with Gasteiger partial charge in [-0.1, -0.05) is 0 Å². The monoisotopic (exact) mass is 353 g/mol. The van der Waals surface area contributed by atoms with Crippen LogP contribution < -0.4 is 14.9 Å². The maximum absolute atomic E-state index is 12.8. The van der Waals surface area contributed by atoms with Gasteiger partial charge in [0.15, 0.2) is 0 Å². The topological polar surface area (TPSA) is 87.2 Å². The van der Waals surface area contributed by atoms with Crippen molar-refractivity contribution in [1.82, 2.24) is 14.7 Å². The molecule has 2 rings (SSSR count). The molecule has 0 atom stereocenters. The van der Waals surface area contributed by atoms with Gasteiger partial charge in [0.2, 0.25) is 16.0 Å². The van der Waals surface area contributed by atoms with E-state index in [0.29, 0.717) is 12.5 Å². The number of nitrogens with zero attached hydrogens (tertiary/aromatic N) is 3. The molecular weight excluding hydrogens is 333 g/mol. The molecule has 24 heavy (non-hydrogen) atoms. The van der Waals surface area contributed by atoms with Gasteiger partial charge in [0, 0.05) is 38.9 Å². The van der Waals surface area contributed by atoms with E-state index in [1.165, 1.54) is 12.1 Å². The highest BCUT2D eigenvalue weighted by atomic mass is 32.2. The van der Waals surface area contributed by atoms with Crippen molar-refractivity contribution in [3.63, 3.8) is 0 Å². The van der Waals surface area contributed by atoms with Crippen molar-refractivity contribution in [2.45, 2.75) is 11.8 Å². The van der Waals surface area contributed by atoms with Gasteiger partial charge in [-0.2, -0.15) is 4.98 Å². The smallest absolute Gasteiger partial charge is 0.240 e. The third-order valence-electron chi connectivity index (χ3n) is 3.12. The number of nitrogens with one attached hydrogen (secondary N) is 2. The summed E-state index contributed by atoms with van der Waals surface area (Å²) in [5.74, 6) is 0.709. The van der Waals surface area contributed by atoms with Gasteiger partial charge < -0.3 is 10.2 Å². The van der Waals surface area contributed by atoms with E-state index in [4.69, 9.17) is 0 Å². The van der Waals surface area contributed by atoms with Crippen molar-refractivity contribution in [3.05, 3.63) is 41.8 Å². The first-order valence-corrected chi connectivity index (χ1v) is 8.78. The van der Waals surface area contributed by atoms with Crippen molar-refractivity contribution in [2.24, 2.45) is 0 Å². The summed E-state index contributed by atoms with van der Waals surface area (Å²) < 4.78 is 39.4. The quantitative estimate of drug-likeness (QED) is 0.732. The Balaban J connectivity index is 1.92. The van der Waals surface area contributed by atoms with Crippen LogP contribution in [0.15, 0.2) is 35.2 Å². The lowest BCUT2D eigenvalue weighted by Crippen LogP contribution is -2.29. The standard InChI is InChI=1S/C15H20FN5O2S/c1-11-10-14(21(2)3)20-15(19-11)17-8-9-18-24(22,23)13-6-4-12(16)5-7-13/h4-7,10,18H,8-9H2,1-3H3,(H,17,19,20). The van der Waals surface area contributed by atoms with Crippen LogP contribution in [-0.4, -0.2) is 45.6 Å². The molecule has 0 aliphatic heterocycles. The van der Waals surface area contributed by atoms with Gasteiger partial charge >= 0.3 is 0 Å². The number of hydrogen-bond acceptors (Lipinski definition) is 6. The molecule has 1 aromatic heterocycles. The van der Waals surface area contributed by atoms with E-state index < -0.39 is 15.8 Å². The SMILES string of the molecule is Cc1cc(N(C)C)nc(NCCNS(=O)(=O)c2ccc(F)cc2)n1. The largest absolute Gasteiger partial charge is 0.363 e. The Morgan fingerprint density at radius 3 is 2.42 bits per heavy atom. The number of halogens is 1. The van der Waals surface area contributed by atoms with Crippen LogP contribution in [0.25, 0.3) is 0 Å². The van der Waals surface area contributed by atoms with Crippen molar-refractivity contribution < 1.29 is 12.8 Å². The molecular formula is C15H20FN5O2S. The Kier molecular flexibility index (Phi) is 5.68. The molecule has 9 heteroatoms. The fraction of sp³-hybridized carbons (Fsp3) is 0.333. The van der Waals surface area contributed by atoms with Crippen LogP contribution in [0.2, 0.25) is 0 Å². The fourth-order valence-electron chi connectivity index (χ4n) is 1.92. The summed E-state index contributed by atoms with van der Waals surface area (Å²) in [5.41, 5.74) is 0.808. The summed E-state index contributed by atoms with van der Waals surface area (Å²) in [6, 6.07) is 6.50. The molecule has 7 nitrogen and oxygen atoms in total. The second kappa shape index (κ2) is 7.54. The van der Waals surface area contributed by atoms with Crippen molar-refractivity contribution >= 4 is 21.8 Å². The molecule has 0 amide bonds. The average Bonchev–Trinajstić information content (AvgIpc) is 2.51. The van der Waals surface area contributed by atoms with Gasteiger partial charge in [-0.3, -0.25) is 0 Å². The number of aromatic nitrogens is 2. The zero-order valence-corrected chi connectivity index (χ0v) is 14.6. The molecule has 2 N–H and O–H groups in total. The van der Waals surface area contributed by atoms with E-state index in [-0.39, 0.29) is 11.4 Å². The van der Waals surface area contributed by atoms with Crippen LogP contribution in [0.3, 0.4) is 0 Å². The average molecular weight is 353 g/mol. The zero-order valence-electron chi connectivity index (χ0n) is 13.7. The Morgan fingerprint density at radius 2 is 1.79 bits per heavy atom. The molecule has 0 saturated heterocycles. The van der Waals surface area contributed by atoms with Gasteiger partial charge in [-0.15, -0.1) is 0 Å². The summed E-state index contributed by atoms with van der Waals surface area (Å²) in [6.07, 6.45) is 0. The van der Waals surface area contributed by atoms with Gasteiger partial charge in [0.25, 0.3) is 0 Å². The number of rotatable bonds is 7. The Hall–Kier alpha value is -2.26. The van der Waals surface area contributed by atoms with E-state index in [2.05, 4.69) is 20.0 Å². The summed E-state index contributed by atoms with van der Waals surface area (Å²) in [7, 11) is 0.0878. The van der Waals surface area contributed by atoms with Gasteiger partial charge in [0.1, 0.15) is 11.6 Å². The summed E-state index contributed by atoms with van der Waals surface area (Å²) in [4.78, 5) is 10.4. The molecule has 0 fully saturated rings. The fourth-order valence-corrected chi connectivity index (χ4v) is 2.95. The molecule has 1 heterocycles. The van der Waals surface area contributed by atoms with Crippen LogP contribution in [-0.2, 0) is 10.0 Å². The van der Waals surface area contributed by atoms with Crippen LogP contribution in [0.5, 0.6) is 0 Å². The first-order valence-electron chi connectivity index (χ1n) is 7.30. The van der Waals surface area contributed by atoms with E-state index >= 15 is 0 Å². The third kappa shape index (κ3) is 4.87. The van der Waals surface area contributed by atoms with E-state index in [1.807, 2.05) is 32.0 Å². The van der Waals surface area contributed by atoms with Crippen LogP contribution >= 0.6 is 0 Å². The lowest BCUT2D eigenvalue weighted by atomic mass is 10.4. The van der Waals surface area contributed by atoms with Crippen molar-refractivity contribution in [3.8, 4) is 0 Å². The molecule has 2 aromatic rings. The number of anilines is 2. The Labute approximate surface area is 141 Å². The second-order valence-corrected chi connectivity index (χ2v) is 7.13. The lowest BCUT2D eigenvalue weighted by Gasteiger charge is -2.14. The minimum absolute atomic E-state index is 0.0191. The first-order chi connectivity index (χ1) is 11.3. The normalized spacial score (nSPS) is 11.3. The molecule has 0 bridgehead atoms.